The van der Waals surface area contributed by atoms with Gasteiger partial charge in [-0.05, 0) is 56.2 Å². The maximum atomic E-state index is 12.3. The summed E-state index contributed by atoms with van der Waals surface area (Å²) in [7, 11) is 0. The van der Waals surface area contributed by atoms with Gasteiger partial charge in [-0.25, -0.2) is 0 Å². The van der Waals surface area contributed by atoms with Gasteiger partial charge in [0.05, 0.1) is 0 Å². The molecule has 0 radical (unpaired) electrons. The van der Waals surface area contributed by atoms with Crippen molar-refractivity contribution >= 4 is 17.5 Å². The van der Waals surface area contributed by atoms with E-state index in [9.17, 15) is 9.59 Å². The summed E-state index contributed by atoms with van der Waals surface area (Å²) in [6.07, 6.45) is 5.74. The quantitative estimate of drug-likeness (QED) is 0.810. The first-order chi connectivity index (χ1) is 13.1. The molecule has 27 heavy (non-hydrogen) atoms. The fourth-order valence-corrected chi connectivity index (χ4v) is 3.20. The third-order valence-corrected chi connectivity index (χ3v) is 4.76. The predicted octanol–water partition coefficient (Wildman–Crippen LogP) is 4.08. The zero-order chi connectivity index (χ0) is 19.1. The molecule has 0 saturated heterocycles. The van der Waals surface area contributed by atoms with Gasteiger partial charge in [0.15, 0.2) is 6.61 Å². The van der Waals surface area contributed by atoms with Crippen molar-refractivity contribution in [3.63, 3.8) is 0 Å². The SMILES string of the molecule is Cc1ccc(NC(=O)COc2ccc(C(=O)NC3CCCCC3)cc2)cc1. The van der Waals surface area contributed by atoms with Crippen LogP contribution in [0.2, 0.25) is 0 Å². The van der Waals surface area contributed by atoms with E-state index in [0.29, 0.717) is 11.3 Å². The van der Waals surface area contributed by atoms with E-state index < -0.39 is 0 Å². The molecule has 5 nitrogen and oxygen atoms in total. The summed E-state index contributed by atoms with van der Waals surface area (Å²) in [6.45, 7) is 1.91. The minimum atomic E-state index is -0.224. The summed E-state index contributed by atoms with van der Waals surface area (Å²) >= 11 is 0. The third kappa shape index (κ3) is 5.84. The van der Waals surface area contributed by atoms with Gasteiger partial charge in [0.25, 0.3) is 11.8 Å². The second-order valence-corrected chi connectivity index (χ2v) is 7.04. The molecule has 5 heteroatoms. The lowest BCUT2D eigenvalue weighted by Gasteiger charge is -2.22. The van der Waals surface area contributed by atoms with Crippen LogP contribution in [0.3, 0.4) is 0 Å². The number of hydrogen-bond acceptors (Lipinski definition) is 3. The van der Waals surface area contributed by atoms with Gasteiger partial charge in [-0.2, -0.15) is 0 Å². The van der Waals surface area contributed by atoms with Gasteiger partial charge < -0.3 is 15.4 Å². The molecule has 2 amide bonds. The molecular weight excluding hydrogens is 340 g/mol. The number of carbonyl (C=O) groups excluding carboxylic acids is 2. The van der Waals surface area contributed by atoms with Gasteiger partial charge in [-0.1, -0.05) is 37.0 Å². The number of anilines is 1. The molecule has 1 aliphatic rings. The number of rotatable bonds is 6. The van der Waals surface area contributed by atoms with Gasteiger partial charge in [-0.15, -0.1) is 0 Å². The molecule has 2 aromatic rings. The Morgan fingerprint density at radius 3 is 2.30 bits per heavy atom. The molecule has 0 spiro atoms. The Labute approximate surface area is 160 Å². The Hall–Kier alpha value is -2.82. The summed E-state index contributed by atoms with van der Waals surface area (Å²) in [6, 6.07) is 14.8. The molecule has 2 aromatic carbocycles. The highest BCUT2D eigenvalue weighted by Gasteiger charge is 2.16. The highest BCUT2D eigenvalue weighted by Crippen LogP contribution is 2.18. The van der Waals surface area contributed by atoms with Crippen LogP contribution >= 0.6 is 0 Å². The van der Waals surface area contributed by atoms with Crippen LogP contribution in [0.1, 0.15) is 48.0 Å². The van der Waals surface area contributed by atoms with E-state index in [1.807, 2.05) is 31.2 Å². The van der Waals surface area contributed by atoms with Crippen molar-refractivity contribution in [3.05, 3.63) is 59.7 Å². The average molecular weight is 366 g/mol. The zero-order valence-corrected chi connectivity index (χ0v) is 15.7. The highest BCUT2D eigenvalue weighted by atomic mass is 16.5. The number of amides is 2. The highest BCUT2D eigenvalue weighted by molar-refractivity contribution is 5.94. The molecule has 1 fully saturated rings. The second-order valence-electron chi connectivity index (χ2n) is 7.04. The van der Waals surface area contributed by atoms with Crippen LogP contribution in [0.5, 0.6) is 5.75 Å². The summed E-state index contributed by atoms with van der Waals surface area (Å²) in [5.74, 6) is 0.284. The van der Waals surface area contributed by atoms with Crippen LogP contribution in [0.25, 0.3) is 0 Å². The van der Waals surface area contributed by atoms with E-state index >= 15 is 0 Å². The lowest BCUT2D eigenvalue weighted by Crippen LogP contribution is -2.36. The van der Waals surface area contributed by atoms with Crippen molar-refractivity contribution < 1.29 is 14.3 Å². The van der Waals surface area contributed by atoms with E-state index in [2.05, 4.69) is 10.6 Å². The standard InChI is InChI=1S/C22H26N2O3/c1-16-7-11-19(12-8-16)23-21(25)15-27-20-13-9-17(10-14-20)22(26)24-18-5-3-2-4-6-18/h7-14,18H,2-6,15H2,1H3,(H,23,25)(H,24,26). The first-order valence-corrected chi connectivity index (χ1v) is 9.50. The Morgan fingerprint density at radius 1 is 0.963 bits per heavy atom. The molecule has 0 unspecified atom stereocenters. The molecule has 142 valence electrons. The van der Waals surface area contributed by atoms with Gasteiger partial charge in [0.2, 0.25) is 0 Å². The molecular formula is C22H26N2O3. The predicted molar refractivity (Wildman–Crippen MR) is 106 cm³/mol. The Bertz CT molecular complexity index is 763. The van der Waals surface area contributed by atoms with Gasteiger partial charge in [0, 0.05) is 17.3 Å². The molecule has 1 saturated carbocycles. The maximum absolute atomic E-state index is 12.3. The number of ether oxygens (including phenoxy) is 1. The van der Waals surface area contributed by atoms with Crippen molar-refractivity contribution in [3.8, 4) is 5.75 Å². The van der Waals surface area contributed by atoms with Crippen LogP contribution < -0.4 is 15.4 Å². The van der Waals surface area contributed by atoms with E-state index in [1.54, 1.807) is 24.3 Å². The smallest absolute Gasteiger partial charge is 0.262 e. The number of carbonyl (C=O) groups is 2. The largest absolute Gasteiger partial charge is 0.484 e. The minimum absolute atomic E-state index is 0.0504. The van der Waals surface area contributed by atoms with Crippen LogP contribution in [-0.4, -0.2) is 24.5 Å². The number of benzene rings is 2. The van der Waals surface area contributed by atoms with Gasteiger partial charge in [0.1, 0.15) is 5.75 Å². The van der Waals surface area contributed by atoms with Crippen LogP contribution in [0.4, 0.5) is 5.69 Å². The Kier molecular flexibility index (Phi) is 6.47. The molecule has 0 bridgehead atoms. The molecule has 0 aliphatic heterocycles. The number of nitrogens with one attached hydrogen (secondary N) is 2. The van der Waals surface area contributed by atoms with Crippen molar-refractivity contribution in [1.29, 1.82) is 0 Å². The topological polar surface area (TPSA) is 67.4 Å². The summed E-state index contributed by atoms with van der Waals surface area (Å²) < 4.78 is 5.50. The molecule has 1 aliphatic carbocycles. The molecule has 3 rings (SSSR count). The summed E-state index contributed by atoms with van der Waals surface area (Å²) in [5, 5.41) is 5.88. The van der Waals surface area contributed by atoms with Crippen LogP contribution in [-0.2, 0) is 4.79 Å². The van der Waals surface area contributed by atoms with Gasteiger partial charge in [-0.3, -0.25) is 9.59 Å². The van der Waals surface area contributed by atoms with Crippen LogP contribution in [0, 0.1) is 6.92 Å². The summed E-state index contributed by atoms with van der Waals surface area (Å²) in [4.78, 5) is 24.3. The first-order valence-electron chi connectivity index (χ1n) is 9.50. The fourth-order valence-electron chi connectivity index (χ4n) is 3.20. The number of hydrogen-bond donors (Lipinski definition) is 2. The van der Waals surface area contributed by atoms with Crippen molar-refractivity contribution in [2.24, 2.45) is 0 Å². The molecule has 0 heterocycles. The first kappa shape index (κ1) is 19.0. The van der Waals surface area contributed by atoms with Crippen molar-refractivity contribution in [2.75, 3.05) is 11.9 Å². The third-order valence-electron chi connectivity index (χ3n) is 4.76. The monoisotopic (exact) mass is 366 g/mol. The molecule has 0 atom stereocenters. The maximum Gasteiger partial charge on any atom is 0.262 e. The molecule has 0 aromatic heterocycles. The lowest BCUT2D eigenvalue weighted by atomic mass is 9.95. The summed E-state index contributed by atoms with van der Waals surface area (Å²) in [5.41, 5.74) is 2.48. The lowest BCUT2D eigenvalue weighted by molar-refractivity contribution is -0.118. The molecule has 2 N–H and O–H groups in total. The second kappa shape index (κ2) is 9.21. The van der Waals surface area contributed by atoms with Crippen molar-refractivity contribution in [2.45, 2.75) is 45.1 Å². The normalized spacial score (nSPS) is 14.4. The van der Waals surface area contributed by atoms with Crippen molar-refractivity contribution in [1.82, 2.24) is 5.32 Å². The van der Waals surface area contributed by atoms with Crippen LogP contribution in [0.15, 0.2) is 48.5 Å². The Morgan fingerprint density at radius 2 is 1.63 bits per heavy atom. The van der Waals surface area contributed by atoms with E-state index in [4.69, 9.17) is 4.74 Å². The van der Waals surface area contributed by atoms with E-state index in [0.717, 1.165) is 24.1 Å². The Balaban J connectivity index is 1.46. The van der Waals surface area contributed by atoms with E-state index in [1.165, 1.54) is 19.3 Å². The number of aryl methyl sites for hydroxylation is 1. The minimum Gasteiger partial charge on any atom is -0.484 e. The van der Waals surface area contributed by atoms with E-state index in [-0.39, 0.29) is 24.5 Å². The zero-order valence-electron chi connectivity index (χ0n) is 15.7. The average Bonchev–Trinajstić information content (AvgIpc) is 2.69. The van der Waals surface area contributed by atoms with Gasteiger partial charge >= 0.3 is 0 Å². The fraction of sp³-hybridized carbons (Fsp3) is 0.364.